The maximum atomic E-state index is 12.0. The number of amidine groups is 1. The van der Waals surface area contributed by atoms with Crippen LogP contribution in [-0.4, -0.2) is 12.5 Å². The van der Waals surface area contributed by atoms with Gasteiger partial charge in [0, 0.05) is 13.0 Å². The van der Waals surface area contributed by atoms with Crippen LogP contribution in [0.1, 0.15) is 18.1 Å². The number of hydrogen-bond donors (Lipinski definition) is 2. The summed E-state index contributed by atoms with van der Waals surface area (Å²) in [5, 5.41) is 10.1. The van der Waals surface area contributed by atoms with Crippen LogP contribution in [0.15, 0.2) is 24.3 Å². The first-order valence-corrected chi connectivity index (χ1v) is 4.65. The van der Waals surface area contributed by atoms with Crippen LogP contribution in [0.5, 0.6) is 0 Å². The molecule has 0 saturated heterocycles. The van der Waals surface area contributed by atoms with Gasteiger partial charge in [0.05, 0.1) is 12.5 Å². The highest BCUT2D eigenvalue weighted by Gasteiger charge is 1.94. The lowest BCUT2D eigenvalue weighted by Gasteiger charge is -2.04. The Balaban J connectivity index is 2.50. The van der Waals surface area contributed by atoms with Gasteiger partial charge >= 0.3 is 0 Å². The second-order valence-corrected chi connectivity index (χ2v) is 3.23. The van der Waals surface area contributed by atoms with E-state index in [1.54, 1.807) is 6.92 Å². The molecule has 76 valence electrons. The molecule has 2 N–H and O–H groups in total. The van der Waals surface area contributed by atoms with E-state index in [1.807, 2.05) is 24.3 Å². The first-order chi connectivity index (χ1) is 6.72. The molecule has 1 aromatic rings. The molecule has 0 heterocycles. The molecule has 0 aromatic heterocycles. The summed E-state index contributed by atoms with van der Waals surface area (Å²) < 4.78 is 12.0. The van der Waals surface area contributed by atoms with Gasteiger partial charge < -0.3 is 5.32 Å². The molecular formula is C11H15FN2. The quantitative estimate of drug-likeness (QED) is 0.560. The molecule has 0 saturated carbocycles. The maximum Gasteiger partial charge on any atom is 0.0934 e. The van der Waals surface area contributed by atoms with Gasteiger partial charge in [-0.3, -0.25) is 9.80 Å². The Labute approximate surface area is 83.7 Å². The summed E-state index contributed by atoms with van der Waals surface area (Å²) in [6, 6.07) is 7.77. The van der Waals surface area contributed by atoms with Gasteiger partial charge in [-0.15, -0.1) is 0 Å². The van der Waals surface area contributed by atoms with E-state index in [2.05, 4.69) is 5.32 Å². The van der Waals surface area contributed by atoms with E-state index in [4.69, 9.17) is 5.41 Å². The number of alkyl halides is 1. The number of aryl methyl sites for hydroxylation is 1. The van der Waals surface area contributed by atoms with Crippen molar-refractivity contribution in [3.63, 3.8) is 0 Å². The van der Waals surface area contributed by atoms with Crippen LogP contribution in [-0.2, 0) is 13.0 Å². The number of benzene rings is 1. The third-order valence-electron chi connectivity index (χ3n) is 1.96. The van der Waals surface area contributed by atoms with Crippen LogP contribution >= 0.6 is 0 Å². The predicted molar refractivity (Wildman–Crippen MR) is 56.4 cm³/mol. The third-order valence-corrected chi connectivity index (χ3v) is 1.96. The molecule has 0 amide bonds. The predicted octanol–water partition coefficient (Wildman–Crippen LogP) is 2.29. The third kappa shape index (κ3) is 3.56. The summed E-state index contributed by atoms with van der Waals surface area (Å²) in [6.07, 6.45) is 0.483. The van der Waals surface area contributed by atoms with E-state index in [1.165, 1.54) is 0 Å². The summed E-state index contributed by atoms with van der Waals surface area (Å²) >= 11 is 0. The van der Waals surface area contributed by atoms with Crippen LogP contribution in [0.2, 0.25) is 0 Å². The molecule has 0 aliphatic rings. The summed E-state index contributed by atoms with van der Waals surface area (Å²) in [6.45, 7) is 2.06. The Morgan fingerprint density at radius 1 is 1.29 bits per heavy atom. The summed E-state index contributed by atoms with van der Waals surface area (Å²) in [4.78, 5) is 0. The van der Waals surface area contributed by atoms with Crippen LogP contribution in [0.3, 0.4) is 0 Å². The Morgan fingerprint density at radius 2 is 1.86 bits per heavy atom. The van der Waals surface area contributed by atoms with Gasteiger partial charge in [-0.2, -0.15) is 0 Å². The second-order valence-electron chi connectivity index (χ2n) is 3.23. The fraction of sp³-hybridized carbons (Fsp3) is 0.364. The standard InChI is InChI=1S/C11H15FN2/c1-9(13)14-8-11-4-2-10(3-5-11)6-7-12/h2-5H,6-8H2,1H3,(H2,13,14). The van der Waals surface area contributed by atoms with Crippen molar-refractivity contribution < 1.29 is 4.39 Å². The average Bonchev–Trinajstić information content (AvgIpc) is 2.17. The van der Waals surface area contributed by atoms with Crippen molar-refractivity contribution in [3.8, 4) is 0 Å². The molecule has 0 aliphatic heterocycles. The van der Waals surface area contributed by atoms with Crippen molar-refractivity contribution in [1.82, 2.24) is 5.32 Å². The van der Waals surface area contributed by atoms with Gasteiger partial charge in [-0.1, -0.05) is 24.3 Å². The Kier molecular flexibility index (Phi) is 4.11. The van der Waals surface area contributed by atoms with Gasteiger partial charge in [-0.25, -0.2) is 0 Å². The van der Waals surface area contributed by atoms with Crippen molar-refractivity contribution in [2.24, 2.45) is 0 Å². The largest absolute Gasteiger partial charge is 0.370 e. The van der Waals surface area contributed by atoms with E-state index in [0.717, 1.165) is 11.1 Å². The number of nitrogens with one attached hydrogen (secondary N) is 2. The Morgan fingerprint density at radius 3 is 2.36 bits per heavy atom. The highest BCUT2D eigenvalue weighted by molar-refractivity contribution is 5.75. The van der Waals surface area contributed by atoms with Crippen LogP contribution in [0, 0.1) is 5.41 Å². The molecule has 1 rings (SSSR count). The van der Waals surface area contributed by atoms with E-state index in [9.17, 15) is 4.39 Å². The van der Waals surface area contributed by atoms with Gasteiger partial charge in [0.25, 0.3) is 0 Å². The topological polar surface area (TPSA) is 35.9 Å². The minimum atomic E-state index is -0.308. The zero-order valence-electron chi connectivity index (χ0n) is 8.31. The van der Waals surface area contributed by atoms with Crippen molar-refractivity contribution in [2.45, 2.75) is 19.9 Å². The molecule has 2 nitrogen and oxygen atoms in total. The molecule has 0 aliphatic carbocycles. The SMILES string of the molecule is CC(=N)NCc1ccc(CCF)cc1. The highest BCUT2D eigenvalue weighted by atomic mass is 19.1. The smallest absolute Gasteiger partial charge is 0.0934 e. The summed E-state index contributed by atoms with van der Waals surface area (Å²) in [5.74, 6) is 0.456. The molecule has 0 radical (unpaired) electrons. The van der Waals surface area contributed by atoms with Crippen LogP contribution in [0.25, 0.3) is 0 Å². The van der Waals surface area contributed by atoms with E-state index in [0.29, 0.717) is 18.8 Å². The molecule has 0 atom stereocenters. The second kappa shape index (κ2) is 5.37. The number of rotatable bonds is 4. The first-order valence-electron chi connectivity index (χ1n) is 4.65. The van der Waals surface area contributed by atoms with Gasteiger partial charge in [0.15, 0.2) is 0 Å². The fourth-order valence-corrected chi connectivity index (χ4v) is 1.17. The molecule has 3 heteroatoms. The van der Waals surface area contributed by atoms with Gasteiger partial charge in [0.1, 0.15) is 0 Å². The molecule has 1 aromatic carbocycles. The zero-order chi connectivity index (χ0) is 10.4. The molecule has 0 fully saturated rings. The molecular weight excluding hydrogens is 179 g/mol. The summed E-state index contributed by atoms with van der Waals surface area (Å²) in [5.41, 5.74) is 2.13. The average molecular weight is 194 g/mol. The van der Waals surface area contributed by atoms with E-state index < -0.39 is 0 Å². The van der Waals surface area contributed by atoms with E-state index in [-0.39, 0.29) is 6.67 Å². The Bertz CT molecular complexity index is 293. The first kappa shape index (κ1) is 10.7. The Hall–Kier alpha value is -1.38. The number of halogens is 1. The van der Waals surface area contributed by atoms with Crippen molar-refractivity contribution in [1.29, 1.82) is 5.41 Å². The molecule has 0 bridgehead atoms. The van der Waals surface area contributed by atoms with Crippen molar-refractivity contribution in [2.75, 3.05) is 6.67 Å². The lowest BCUT2D eigenvalue weighted by atomic mass is 10.1. The fourth-order valence-electron chi connectivity index (χ4n) is 1.17. The maximum absolute atomic E-state index is 12.0. The van der Waals surface area contributed by atoms with Gasteiger partial charge in [-0.05, 0) is 18.1 Å². The zero-order valence-corrected chi connectivity index (χ0v) is 8.31. The summed E-state index contributed by atoms with van der Waals surface area (Å²) in [7, 11) is 0. The van der Waals surface area contributed by atoms with Gasteiger partial charge in [0.2, 0.25) is 0 Å². The van der Waals surface area contributed by atoms with Crippen molar-refractivity contribution >= 4 is 5.84 Å². The normalized spacial score (nSPS) is 9.86. The molecule has 0 spiro atoms. The minimum absolute atomic E-state index is 0.308. The monoisotopic (exact) mass is 194 g/mol. The lowest BCUT2D eigenvalue weighted by Crippen LogP contribution is -2.18. The molecule has 0 unspecified atom stereocenters. The minimum Gasteiger partial charge on any atom is -0.370 e. The highest BCUT2D eigenvalue weighted by Crippen LogP contribution is 2.05. The lowest BCUT2D eigenvalue weighted by molar-refractivity contribution is 0.495. The van der Waals surface area contributed by atoms with E-state index >= 15 is 0 Å². The van der Waals surface area contributed by atoms with Crippen molar-refractivity contribution in [3.05, 3.63) is 35.4 Å². The van der Waals surface area contributed by atoms with Crippen LogP contribution in [0.4, 0.5) is 4.39 Å². The van der Waals surface area contributed by atoms with Crippen LogP contribution < -0.4 is 5.32 Å². The molecule has 14 heavy (non-hydrogen) atoms. The number of hydrogen-bond acceptors (Lipinski definition) is 1.